The van der Waals surface area contributed by atoms with Crippen LogP contribution in [0.15, 0.2) is 6.08 Å². The molecule has 1 saturated heterocycles. The van der Waals surface area contributed by atoms with Crippen molar-refractivity contribution in [3.8, 4) is 0 Å². The van der Waals surface area contributed by atoms with Crippen LogP contribution in [0.5, 0.6) is 0 Å². The third kappa shape index (κ3) is 4.14. The Labute approximate surface area is 145 Å². The number of β-amino-alcohol motifs (C(OH)–C–C–N with tert-alkyl or cyclic N) is 1. The topological polar surface area (TPSA) is 75.3 Å². The maximum atomic E-state index is 9.28. The molecule has 1 aliphatic heterocycles. The molecule has 1 fully saturated rings. The number of aromatic nitrogens is 2. The Morgan fingerprint density at radius 1 is 1.17 bits per heavy atom. The van der Waals surface area contributed by atoms with E-state index in [9.17, 15) is 5.11 Å². The van der Waals surface area contributed by atoms with Gasteiger partial charge in [0, 0.05) is 25.1 Å². The summed E-state index contributed by atoms with van der Waals surface area (Å²) in [5.74, 6) is 1.57. The van der Waals surface area contributed by atoms with Crippen LogP contribution in [0.1, 0.15) is 62.5 Å². The highest BCUT2D eigenvalue weighted by molar-refractivity contribution is 5.73. The quantitative estimate of drug-likeness (QED) is 0.681. The van der Waals surface area contributed by atoms with Crippen LogP contribution >= 0.6 is 0 Å². The highest BCUT2D eigenvalue weighted by Crippen LogP contribution is 2.32. The van der Waals surface area contributed by atoms with Crippen molar-refractivity contribution in [3.63, 3.8) is 0 Å². The molecule has 2 aliphatic rings. The summed E-state index contributed by atoms with van der Waals surface area (Å²) in [6, 6.07) is 0. The Morgan fingerprint density at radius 2 is 2.00 bits per heavy atom. The number of nitrogens with two attached hydrogens (primary N) is 1. The van der Waals surface area contributed by atoms with E-state index in [0.29, 0.717) is 5.82 Å². The average Bonchev–Trinajstić information content (AvgIpc) is 2.94. The standard InChI is InChI=1S/C19H30N4O/c1-2-3-8-17-21-18-14(9-10-16(18)19(20)22-17)7-5-4-6-11-23-12-15(24)13-23/h9,15,24H,2-8,10-13H2,1H3,(H2,20,21,22). The molecule has 0 bridgehead atoms. The molecule has 1 aromatic rings. The predicted molar refractivity (Wildman–Crippen MR) is 97.7 cm³/mol. The van der Waals surface area contributed by atoms with E-state index in [0.717, 1.165) is 68.8 Å². The Bertz CT molecular complexity index is 593. The second kappa shape index (κ2) is 8.08. The van der Waals surface area contributed by atoms with Gasteiger partial charge >= 0.3 is 0 Å². The number of aliphatic hydroxyl groups excluding tert-OH is 1. The number of nitrogen functional groups attached to an aromatic ring is 1. The second-order valence-electron chi connectivity index (χ2n) is 7.11. The fraction of sp³-hybridized carbons (Fsp3) is 0.684. The lowest BCUT2D eigenvalue weighted by Gasteiger charge is -2.35. The molecule has 24 heavy (non-hydrogen) atoms. The van der Waals surface area contributed by atoms with Gasteiger partial charge in [-0.3, -0.25) is 4.90 Å². The van der Waals surface area contributed by atoms with Gasteiger partial charge in [-0.1, -0.05) is 25.8 Å². The number of anilines is 1. The summed E-state index contributed by atoms with van der Waals surface area (Å²) in [5, 5.41) is 9.28. The molecule has 0 saturated carbocycles. The molecule has 1 aliphatic carbocycles. The number of nitrogens with zero attached hydrogens (tertiary/aromatic N) is 3. The second-order valence-corrected chi connectivity index (χ2v) is 7.11. The van der Waals surface area contributed by atoms with E-state index in [1.807, 2.05) is 0 Å². The molecule has 0 radical (unpaired) electrons. The summed E-state index contributed by atoms with van der Waals surface area (Å²) in [4.78, 5) is 11.6. The number of rotatable bonds is 9. The van der Waals surface area contributed by atoms with Crippen LogP contribution in [0.4, 0.5) is 5.82 Å². The third-order valence-corrected chi connectivity index (χ3v) is 5.05. The monoisotopic (exact) mass is 330 g/mol. The molecular weight excluding hydrogens is 300 g/mol. The first-order valence-corrected chi connectivity index (χ1v) is 9.42. The van der Waals surface area contributed by atoms with Gasteiger partial charge in [0.2, 0.25) is 0 Å². The van der Waals surface area contributed by atoms with Crippen molar-refractivity contribution in [2.45, 2.75) is 64.4 Å². The van der Waals surface area contributed by atoms with E-state index >= 15 is 0 Å². The van der Waals surface area contributed by atoms with Gasteiger partial charge in [-0.2, -0.15) is 0 Å². The van der Waals surface area contributed by atoms with Gasteiger partial charge in [0.15, 0.2) is 0 Å². The van der Waals surface area contributed by atoms with Crippen molar-refractivity contribution in [1.29, 1.82) is 0 Å². The minimum absolute atomic E-state index is 0.0859. The Morgan fingerprint density at radius 3 is 2.75 bits per heavy atom. The summed E-state index contributed by atoms with van der Waals surface area (Å²) in [6.45, 7) is 5.01. The normalized spacial score (nSPS) is 17.7. The number of allylic oxidation sites excluding steroid dienone is 2. The molecule has 132 valence electrons. The maximum absolute atomic E-state index is 9.28. The Balaban J connectivity index is 1.47. The molecule has 5 heteroatoms. The minimum Gasteiger partial charge on any atom is -0.390 e. The largest absolute Gasteiger partial charge is 0.390 e. The van der Waals surface area contributed by atoms with Gasteiger partial charge in [0.25, 0.3) is 0 Å². The van der Waals surface area contributed by atoms with Crippen LogP contribution in [-0.2, 0) is 12.8 Å². The van der Waals surface area contributed by atoms with Gasteiger partial charge in [-0.05, 0) is 44.2 Å². The fourth-order valence-corrected chi connectivity index (χ4v) is 3.56. The Hall–Kier alpha value is -1.46. The van der Waals surface area contributed by atoms with Crippen molar-refractivity contribution in [2.75, 3.05) is 25.4 Å². The number of unbranched alkanes of at least 4 members (excludes halogenated alkanes) is 3. The summed E-state index contributed by atoms with van der Waals surface area (Å²) >= 11 is 0. The zero-order valence-electron chi connectivity index (χ0n) is 14.8. The average molecular weight is 330 g/mol. The molecule has 0 amide bonds. The summed E-state index contributed by atoms with van der Waals surface area (Å²) in [7, 11) is 0. The van der Waals surface area contributed by atoms with Crippen molar-refractivity contribution in [2.24, 2.45) is 0 Å². The van der Waals surface area contributed by atoms with E-state index in [1.165, 1.54) is 24.8 Å². The number of aliphatic hydroxyl groups is 1. The van der Waals surface area contributed by atoms with Crippen molar-refractivity contribution in [1.82, 2.24) is 14.9 Å². The van der Waals surface area contributed by atoms with E-state index in [4.69, 9.17) is 10.7 Å². The SMILES string of the molecule is CCCCc1nc(N)c2c(n1)C(CCCCCN1CC(O)C1)=CC2. The van der Waals surface area contributed by atoms with Crippen molar-refractivity contribution < 1.29 is 5.11 Å². The van der Waals surface area contributed by atoms with Crippen molar-refractivity contribution >= 4 is 11.4 Å². The smallest absolute Gasteiger partial charge is 0.131 e. The molecule has 3 N–H and O–H groups in total. The maximum Gasteiger partial charge on any atom is 0.131 e. The lowest BCUT2D eigenvalue weighted by molar-refractivity contribution is 0.00150. The van der Waals surface area contributed by atoms with Gasteiger partial charge in [-0.15, -0.1) is 0 Å². The summed E-state index contributed by atoms with van der Waals surface area (Å²) < 4.78 is 0. The van der Waals surface area contributed by atoms with E-state index in [1.54, 1.807) is 0 Å². The fourth-order valence-electron chi connectivity index (χ4n) is 3.56. The first-order chi connectivity index (χ1) is 11.7. The number of fused-ring (bicyclic) bond motifs is 1. The summed E-state index contributed by atoms with van der Waals surface area (Å²) in [6.07, 6.45) is 11.0. The number of aryl methyl sites for hydroxylation is 1. The lowest BCUT2D eigenvalue weighted by Crippen LogP contribution is -2.50. The van der Waals surface area contributed by atoms with Gasteiger partial charge in [0.05, 0.1) is 11.8 Å². The first-order valence-electron chi connectivity index (χ1n) is 9.42. The molecule has 0 unspecified atom stereocenters. The molecule has 1 aromatic heterocycles. The van der Waals surface area contributed by atoms with Crippen molar-refractivity contribution in [3.05, 3.63) is 23.2 Å². The molecule has 0 spiro atoms. The number of hydrogen-bond acceptors (Lipinski definition) is 5. The van der Waals surface area contributed by atoms with E-state index < -0.39 is 0 Å². The molecule has 0 aromatic carbocycles. The molecule has 3 rings (SSSR count). The first kappa shape index (κ1) is 17.4. The van der Waals surface area contributed by atoms with Crippen LogP contribution in [0.25, 0.3) is 5.57 Å². The van der Waals surface area contributed by atoms with Gasteiger partial charge in [0.1, 0.15) is 11.6 Å². The number of hydrogen-bond donors (Lipinski definition) is 2. The van der Waals surface area contributed by atoms with Crippen LogP contribution in [0, 0.1) is 0 Å². The molecular formula is C19H30N4O. The molecule has 2 heterocycles. The minimum atomic E-state index is -0.0859. The van der Waals surface area contributed by atoms with E-state index in [-0.39, 0.29) is 6.10 Å². The van der Waals surface area contributed by atoms with Crippen LogP contribution in [0.2, 0.25) is 0 Å². The lowest BCUT2D eigenvalue weighted by atomic mass is 10.0. The van der Waals surface area contributed by atoms with Gasteiger partial charge < -0.3 is 10.8 Å². The highest BCUT2D eigenvalue weighted by Gasteiger charge is 2.23. The molecule has 0 atom stereocenters. The third-order valence-electron chi connectivity index (χ3n) is 5.05. The zero-order valence-corrected chi connectivity index (χ0v) is 14.8. The Kier molecular flexibility index (Phi) is 5.85. The molecule has 5 nitrogen and oxygen atoms in total. The number of likely N-dealkylation sites (tertiary alicyclic amines) is 1. The summed E-state index contributed by atoms with van der Waals surface area (Å²) in [5.41, 5.74) is 9.73. The van der Waals surface area contributed by atoms with Crippen LogP contribution in [0.3, 0.4) is 0 Å². The highest BCUT2D eigenvalue weighted by atomic mass is 16.3. The van der Waals surface area contributed by atoms with Crippen LogP contribution in [-0.4, -0.2) is 45.7 Å². The zero-order chi connectivity index (χ0) is 16.9. The van der Waals surface area contributed by atoms with Gasteiger partial charge in [-0.25, -0.2) is 9.97 Å². The van der Waals surface area contributed by atoms with Crippen LogP contribution < -0.4 is 5.73 Å². The predicted octanol–water partition coefficient (Wildman–Crippen LogP) is 2.58. The van der Waals surface area contributed by atoms with E-state index in [2.05, 4.69) is 22.9 Å².